The molecule has 0 spiro atoms. The second kappa shape index (κ2) is 5.61. The lowest BCUT2D eigenvalue weighted by molar-refractivity contribution is 0.171. The van der Waals surface area contributed by atoms with Gasteiger partial charge in [0.25, 0.3) is 0 Å². The molecule has 116 valence electrons. The third-order valence-electron chi connectivity index (χ3n) is 4.62. The first-order chi connectivity index (χ1) is 10.0. The minimum absolute atomic E-state index is 0.146. The van der Waals surface area contributed by atoms with Gasteiger partial charge in [0.05, 0.1) is 16.0 Å². The summed E-state index contributed by atoms with van der Waals surface area (Å²) in [6.45, 7) is 5.62. The molecule has 0 amide bonds. The van der Waals surface area contributed by atoms with E-state index in [4.69, 9.17) is 9.47 Å². The second-order valence-corrected chi connectivity index (χ2v) is 8.11. The summed E-state index contributed by atoms with van der Waals surface area (Å²) in [7, 11) is 0.933. The summed E-state index contributed by atoms with van der Waals surface area (Å²) in [5.41, 5.74) is 0.183. The molecule has 0 saturated heterocycles. The monoisotopic (exact) mass is 309 g/mol. The quantitative estimate of drug-likeness (QED) is 0.931. The van der Waals surface area contributed by atoms with Crippen LogP contribution in [0.4, 0.5) is 0 Å². The number of rotatable bonds is 3. The van der Waals surface area contributed by atoms with Crippen LogP contribution < -0.4 is 14.8 Å². The maximum absolute atomic E-state index is 13.0. The molecule has 4 nitrogen and oxygen atoms in total. The molecule has 0 radical (unpaired) electrons. The van der Waals surface area contributed by atoms with E-state index in [1.807, 2.05) is 25.2 Å². The number of hydrogen-bond donors (Lipinski definition) is 1. The summed E-state index contributed by atoms with van der Waals surface area (Å²) < 4.78 is 24.1. The summed E-state index contributed by atoms with van der Waals surface area (Å²) >= 11 is 0. The zero-order chi connectivity index (χ0) is 15.0. The summed E-state index contributed by atoms with van der Waals surface area (Å²) in [4.78, 5) is 0.835. The van der Waals surface area contributed by atoms with Crippen LogP contribution in [0.15, 0.2) is 23.1 Å². The highest BCUT2D eigenvalue weighted by Gasteiger charge is 2.44. The van der Waals surface area contributed by atoms with E-state index >= 15 is 0 Å². The molecule has 3 atom stereocenters. The van der Waals surface area contributed by atoms with Crippen LogP contribution in [0, 0.1) is 5.41 Å². The Hall–Kier alpha value is -1.07. The van der Waals surface area contributed by atoms with Gasteiger partial charge >= 0.3 is 0 Å². The normalized spacial score (nSPS) is 28.3. The van der Waals surface area contributed by atoms with Gasteiger partial charge in [-0.15, -0.1) is 0 Å². The number of nitrogens with one attached hydrogen (secondary N) is 1. The van der Waals surface area contributed by atoms with Crippen LogP contribution in [0.3, 0.4) is 0 Å². The highest BCUT2D eigenvalue weighted by Crippen LogP contribution is 2.42. The van der Waals surface area contributed by atoms with Crippen LogP contribution in [-0.4, -0.2) is 35.8 Å². The van der Waals surface area contributed by atoms with Gasteiger partial charge in [-0.1, -0.05) is 13.8 Å². The van der Waals surface area contributed by atoms with E-state index in [0.29, 0.717) is 19.0 Å². The maximum Gasteiger partial charge on any atom is 0.162 e. The summed E-state index contributed by atoms with van der Waals surface area (Å²) in [5, 5.41) is 3.51. The van der Waals surface area contributed by atoms with E-state index in [1.165, 1.54) is 0 Å². The molecule has 1 heterocycles. The van der Waals surface area contributed by atoms with Crippen LogP contribution in [0.5, 0.6) is 11.5 Å². The van der Waals surface area contributed by atoms with Crippen LogP contribution in [-0.2, 0) is 10.8 Å². The predicted molar refractivity (Wildman–Crippen MR) is 83.5 cm³/mol. The van der Waals surface area contributed by atoms with Gasteiger partial charge in [-0.05, 0) is 37.4 Å². The van der Waals surface area contributed by atoms with Crippen LogP contribution >= 0.6 is 0 Å². The van der Waals surface area contributed by atoms with Crippen molar-refractivity contribution in [2.24, 2.45) is 5.41 Å². The largest absolute Gasteiger partial charge is 0.486 e. The van der Waals surface area contributed by atoms with E-state index in [-0.39, 0.29) is 16.7 Å². The Bertz CT molecular complexity index is 558. The van der Waals surface area contributed by atoms with Crippen molar-refractivity contribution in [2.45, 2.75) is 42.9 Å². The molecule has 1 fully saturated rings. The molecule has 3 unspecified atom stereocenters. The van der Waals surface area contributed by atoms with E-state index in [1.54, 1.807) is 0 Å². The third kappa shape index (κ3) is 2.69. The number of ether oxygens (including phenoxy) is 2. The minimum Gasteiger partial charge on any atom is -0.486 e. The third-order valence-corrected chi connectivity index (χ3v) is 6.40. The van der Waals surface area contributed by atoms with Crippen LogP contribution in [0.2, 0.25) is 0 Å². The van der Waals surface area contributed by atoms with Crippen LogP contribution in [0.25, 0.3) is 0 Å². The fourth-order valence-corrected chi connectivity index (χ4v) is 5.33. The molecular weight excluding hydrogens is 286 g/mol. The van der Waals surface area contributed by atoms with Crippen molar-refractivity contribution in [1.29, 1.82) is 0 Å². The molecule has 0 bridgehead atoms. The Labute approximate surface area is 128 Å². The Balaban J connectivity index is 1.85. The summed E-state index contributed by atoms with van der Waals surface area (Å²) in [5.74, 6) is 1.46. The van der Waals surface area contributed by atoms with Crippen molar-refractivity contribution < 1.29 is 13.7 Å². The molecule has 2 aliphatic rings. The fourth-order valence-electron chi connectivity index (χ4n) is 3.47. The minimum atomic E-state index is -1.03. The number of hydrogen-bond acceptors (Lipinski definition) is 4. The zero-order valence-electron chi connectivity index (χ0n) is 12.8. The lowest BCUT2D eigenvalue weighted by Crippen LogP contribution is -2.44. The Kier molecular flexibility index (Phi) is 3.97. The van der Waals surface area contributed by atoms with E-state index < -0.39 is 10.8 Å². The Morgan fingerprint density at radius 2 is 1.95 bits per heavy atom. The first-order valence-electron chi connectivity index (χ1n) is 7.50. The summed E-state index contributed by atoms with van der Waals surface area (Å²) in [6.07, 6.45) is 2.08. The van der Waals surface area contributed by atoms with Gasteiger partial charge in [-0.2, -0.15) is 0 Å². The van der Waals surface area contributed by atoms with Crippen molar-refractivity contribution in [3.63, 3.8) is 0 Å². The number of fused-ring (bicyclic) bond motifs is 1. The second-order valence-electron chi connectivity index (χ2n) is 6.43. The highest BCUT2D eigenvalue weighted by molar-refractivity contribution is 7.85. The molecule has 1 aliphatic carbocycles. The van der Waals surface area contributed by atoms with Gasteiger partial charge < -0.3 is 14.8 Å². The summed E-state index contributed by atoms with van der Waals surface area (Å²) in [6, 6.07) is 5.92. The predicted octanol–water partition coefficient (Wildman–Crippen LogP) is 2.34. The zero-order valence-corrected chi connectivity index (χ0v) is 13.7. The highest BCUT2D eigenvalue weighted by atomic mass is 32.2. The molecule has 1 aromatic carbocycles. The van der Waals surface area contributed by atoms with Crippen molar-refractivity contribution in [1.82, 2.24) is 5.32 Å². The Morgan fingerprint density at radius 3 is 2.67 bits per heavy atom. The molecular formula is C16H23NO3S. The van der Waals surface area contributed by atoms with Gasteiger partial charge in [0, 0.05) is 17.0 Å². The topological polar surface area (TPSA) is 47.6 Å². The lowest BCUT2D eigenvalue weighted by Gasteiger charge is -2.30. The van der Waals surface area contributed by atoms with Gasteiger partial charge in [0.2, 0.25) is 0 Å². The van der Waals surface area contributed by atoms with E-state index in [2.05, 4.69) is 19.2 Å². The molecule has 1 N–H and O–H groups in total. The standard InChI is InChI=1S/C16H23NO3S/c1-16(2)7-6-14(15(16)17-3)21(18)11-4-5-12-13(10-11)20-9-8-19-12/h4-5,10,14-15,17H,6-9H2,1-3H3. The van der Waals surface area contributed by atoms with Gasteiger partial charge in [0.1, 0.15) is 13.2 Å². The first-order valence-corrected chi connectivity index (χ1v) is 8.72. The van der Waals surface area contributed by atoms with Gasteiger partial charge in [-0.3, -0.25) is 4.21 Å². The van der Waals surface area contributed by atoms with E-state index in [0.717, 1.165) is 23.5 Å². The van der Waals surface area contributed by atoms with Gasteiger partial charge in [0.15, 0.2) is 11.5 Å². The van der Waals surface area contributed by atoms with Crippen LogP contribution in [0.1, 0.15) is 26.7 Å². The Morgan fingerprint density at radius 1 is 1.24 bits per heavy atom. The van der Waals surface area contributed by atoms with Gasteiger partial charge in [-0.25, -0.2) is 0 Å². The number of benzene rings is 1. The molecule has 1 saturated carbocycles. The van der Waals surface area contributed by atoms with Crippen molar-refractivity contribution in [3.05, 3.63) is 18.2 Å². The molecule has 21 heavy (non-hydrogen) atoms. The maximum atomic E-state index is 13.0. The van der Waals surface area contributed by atoms with Crippen molar-refractivity contribution >= 4 is 10.8 Å². The average molecular weight is 309 g/mol. The van der Waals surface area contributed by atoms with E-state index in [9.17, 15) is 4.21 Å². The molecule has 0 aromatic heterocycles. The van der Waals surface area contributed by atoms with Crippen molar-refractivity contribution in [2.75, 3.05) is 20.3 Å². The van der Waals surface area contributed by atoms with Crippen molar-refractivity contribution in [3.8, 4) is 11.5 Å². The average Bonchev–Trinajstić information content (AvgIpc) is 2.80. The smallest absolute Gasteiger partial charge is 0.162 e. The molecule has 5 heteroatoms. The molecule has 1 aliphatic heterocycles. The first kappa shape index (κ1) is 14.9. The molecule has 3 rings (SSSR count). The molecule has 1 aromatic rings. The fraction of sp³-hybridized carbons (Fsp3) is 0.625. The lowest BCUT2D eigenvalue weighted by atomic mass is 9.87. The SMILES string of the molecule is CNC1C(S(=O)c2ccc3c(c2)OCCO3)CCC1(C)C.